The number of ether oxygens (including phenoxy) is 1. The molecule has 0 saturated carbocycles. The number of carbonyl (C=O) groups is 1. The molecule has 9 heteroatoms. The fourth-order valence-electron chi connectivity index (χ4n) is 3.52. The number of urea groups is 1. The lowest BCUT2D eigenvalue weighted by Crippen LogP contribution is -2.28. The van der Waals surface area contributed by atoms with Gasteiger partial charge in [0.25, 0.3) is 5.56 Å². The molecule has 0 radical (unpaired) electrons. The van der Waals surface area contributed by atoms with Gasteiger partial charge in [-0.1, -0.05) is 35.9 Å². The topological polar surface area (TPSA) is 111 Å². The van der Waals surface area contributed by atoms with E-state index >= 15 is 0 Å². The molecule has 3 aromatic carbocycles. The van der Waals surface area contributed by atoms with Crippen LogP contribution >= 0.6 is 11.6 Å². The standard InChI is InChI=1S/C24H22ClN5O3/c1-14(26)22-28-19-11-6-9-17(25)21(19)23(31)30(22)16-8-5-7-15(13-16)27-24(32)29-18-10-3-4-12-20(18)33-2/h3-14H,26H2,1-2H3,(H2,27,29,32)/t14-/m0/s1. The SMILES string of the molecule is COc1ccccc1NC(=O)Nc1cccc(-n2c([C@H](C)N)nc3cccc(Cl)c3c2=O)c1. The Morgan fingerprint density at radius 3 is 2.61 bits per heavy atom. The zero-order valence-electron chi connectivity index (χ0n) is 18.0. The third-order valence-electron chi connectivity index (χ3n) is 5.00. The second-order valence-corrected chi connectivity index (χ2v) is 7.77. The van der Waals surface area contributed by atoms with Crippen LogP contribution in [0.3, 0.4) is 0 Å². The fourth-order valence-corrected chi connectivity index (χ4v) is 3.77. The Labute approximate surface area is 195 Å². The lowest BCUT2D eigenvalue weighted by atomic mass is 10.2. The van der Waals surface area contributed by atoms with Crippen molar-refractivity contribution in [3.63, 3.8) is 0 Å². The highest BCUT2D eigenvalue weighted by atomic mass is 35.5. The van der Waals surface area contributed by atoms with Crippen LogP contribution in [0.4, 0.5) is 16.2 Å². The van der Waals surface area contributed by atoms with E-state index in [9.17, 15) is 9.59 Å². The van der Waals surface area contributed by atoms with Crippen LogP contribution in [-0.4, -0.2) is 22.7 Å². The van der Waals surface area contributed by atoms with E-state index in [0.29, 0.717) is 44.6 Å². The number of nitrogens with zero attached hydrogens (tertiary/aromatic N) is 2. The summed E-state index contributed by atoms with van der Waals surface area (Å²) in [6.07, 6.45) is 0. The predicted octanol–water partition coefficient (Wildman–Crippen LogP) is 4.71. The van der Waals surface area contributed by atoms with E-state index in [1.807, 2.05) is 6.07 Å². The van der Waals surface area contributed by atoms with Crippen molar-refractivity contribution >= 4 is 39.9 Å². The molecular formula is C24H22ClN5O3. The van der Waals surface area contributed by atoms with Gasteiger partial charge in [0.05, 0.1) is 40.5 Å². The molecule has 0 aliphatic heterocycles. The Morgan fingerprint density at radius 2 is 1.85 bits per heavy atom. The number of para-hydroxylation sites is 2. The largest absolute Gasteiger partial charge is 0.495 e. The summed E-state index contributed by atoms with van der Waals surface area (Å²) in [5.41, 5.74) is 7.77. The molecule has 4 rings (SSSR count). The molecule has 8 nitrogen and oxygen atoms in total. The number of nitrogens with two attached hydrogens (primary N) is 1. The van der Waals surface area contributed by atoms with E-state index in [2.05, 4.69) is 15.6 Å². The molecule has 33 heavy (non-hydrogen) atoms. The number of fused-ring (bicyclic) bond motifs is 1. The van der Waals surface area contributed by atoms with Crippen LogP contribution in [0.2, 0.25) is 5.02 Å². The van der Waals surface area contributed by atoms with Crippen LogP contribution in [0.5, 0.6) is 5.75 Å². The second kappa shape index (κ2) is 9.32. The molecule has 1 heterocycles. The lowest BCUT2D eigenvalue weighted by Gasteiger charge is -2.17. The first-order valence-corrected chi connectivity index (χ1v) is 10.5. The van der Waals surface area contributed by atoms with E-state index in [4.69, 9.17) is 22.1 Å². The summed E-state index contributed by atoms with van der Waals surface area (Å²) in [6, 6.07) is 18.0. The number of hydrogen-bond donors (Lipinski definition) is 3. The van der Waals surface area contributed by atoms with Gasteiger partial charge in [0, 0.05) is 5.69 Å². The number of halogens is 1. The minimum atomic E-state index is -0.522. The molecule has 1 atom stereocenters. The van der Waals surface area contributed by atoms with E-state index in [1.54, 1.807) is 67.6 Å². The third-order valence-corrected chi connectivity index (χ3v) is 5.31. The normalized spacial score (nSPS) is 11.8. The second-order valence-electron chi connectivity index (χ2n) is 7.36. The van der Waals surface area contributed by atoms with Gasteiger partial charge in [-0.2, -0.15) is 0 Å². The number of aromatic nitrogens is 2. The van der Waals surface area contributed by atoms with Crippen molar-refractivity contribution in [2.75, 3.05) is 17.7 Å². The predicted molar refractivity (Wildman–Crippen MR) is 131 cm³/mol. The molecule has 2 amide bonds. The highest BCUT2D eigenvalue weighted by molar-refractivity contribution is 6.35. The summed E-state index contributed by atoms with van der Waals surface area (Å²) in [5, 5.41) is 6.13. The molecular weight excluding hydrogens is 442 g/mol. The Morgan fingerprint density at radius 1 is 1.09 bits per heavy atom. The van der Waals surface area contributed by atoms with Crippen molar-refractivity contribution in [1.82, 2.24) is 9.55 Å². The van der Waals surface area contributed by atoms with Crippen LogP contribution in [0.25, 0.3) is 16.6 Å². The Hall–Kier alpha value is -3.88. The minimum absolute atomic E-state index is 0.302. The molecule has 0 aliphatic carbocycles. The molecule has 0 fully saturated rings. The molecule has 0 unspecified atom stereocenters. The Kier molecular flexibility index (Phi) is 6.30. The monoisotopic (exact) mass is 463 g/mol. The van der Waals surface area contributed by atoms with Gasteiger partial charge < -0.3 is 21.1 Å². The van der Waals surface area contributed by atoms with Crippen LogP contribution < -0.4 is 26.7 Å². The number of amides is 2. The number of rotatable bonds is 5. The lowest BCUT2D eigenvalue weighted by molar-refractivity contribution is 0.262. The van der Waals surface area contributed by atoms with Gasteiger partial charge in [0.2, 0.25) is 0 Å². The van der Waals surface area contributed by atoms with E-state index in [-0.39, 0.29) is 5.56 Å². The van der Waals surface area contributed by atoms with Crippen molar-refractivity contribution < 1.29 is 9.53 Å². The smallest absolute Gasteiger partial charge is 0.323 e. The van der Waals surface area contributed by atoms with Crippen molar-refractivity contribution in [2.24, 2.45) is 5.73 Å². The van der Waals surface area contributed by atoms with Gasteiger partial charge in [0.1, 0.15) is 11.6 Å². The van der Waals surface area contributed by atoms with Crippen LogP contribution in [0.15, 0.2) is 71.5 Å². The zero-order chi connectivity index (χ0) is 23.5. The maximum absolute atomic E-state index is 13.4. The molecule has 4 aromatic rings. The Balaban J connectivity index is 1.71. The van der Waals surface area contributed by atoms with Crippen LogP contribution in [-0.2, 0) is 0 Å². The highest BCUT2D eigenvalue weighted by Gasteiger charge is 2.18. The summed E-state index contributed by atoms with van der Waals surface area (Å²) in [6.45, 7) is 1.75. The summed E-state index contributed by atoms with van der Waals surface area (Å²) in [5.74, 6) is 0.916. The average molecular weight is 464 g/mol. The van der Waals surface area contributed by atoms with Gasteiger partial charge in [-0.05, 0) is 49.4 Å². The summed E-state index contributed by atoms with van der Waals surface area (Å²) in [4.78, 5) is 30.5. The molecule has 4 N–H and O–H groups in total. The van der Waals surface area contributed by atoms with Crippen molar-refractivity contribution in [3.05, 3.63) is 87.9 Å². The fraction of sp³-hybridized carbons (Fsp3) is 0.125. The van der Waals surface area contributed by atoms with Crippen molar-refractivity contribution in [3.8, 4) is 11.4 Å². The molecule has 0 saturated heterocycles. The van der Waals surface area contributed by atoms with E-state index in [0.717, 1.165) is 0 Å². The number of nitrogens with one attached hydrogen (secondary N) is 2. The number of anilines is 2. The molecule has 0 spiro atoms. The van der Waals surface area contributed by atoms with Gasteiger partial charge >= 0.3 is 6.03 Å². The van der Waals surface area contributed by atoms with Gasteiger partial charge in [-0.15, -0.1) is 0 Å². The van der Waals surface area contributed by atoms with Crippen molar-refractivity contribution in [2.45, 2.75) is 13.0 Å². The Bertz CT molecular complexity index is 1400. The average Bonchev–Trinajstić information content (AvgIpc) is 2.79. The number of methoxy groups -OCH3 is 1. The van der Waals surface area contributed by atoms with Crippen molar-refractivity contribution in [1.29, 1.82) is 0 Å². The van der Waals surface area contributed by atoms with E-state index < -0.39 is 12.1 Å². The first kappa shape index (κ1) is 22.3. The molecule has 0 bridgehead atoms. The number of benzene rings is 3. The van der Waals surface area contributed by atoms with Crippen LogP contribution in [0.1, 0.15) is 18.8 Å². The quantitative estimate of drug-likeness (QED) is 0.397. The van der Waals surface area contributed by atoms with Crippen LogP contribution in [0, 0.1) is 0 Å². The maximum Gasteiger partial charge on any atom is 0.323 e. The molecule has 1 aromatic heterocycles. The van der Waals surface area contributed by atoms with Gasteiger partial charge in [-0.3, -0.25) is 9.36 Å². The highest BCUT2D eigenvalue weighted by Crippen LogP contribution is 2.25. The maximum atomic E-state index is 13.4. The number of hydrogen-bond acceptors (Lipinski definition) is 5. The summed E-state index contributed by atoms with van der Waals surface area (Å²) < 4.78 is 6.68. The van der Waals surface area contributed by atoms with Gasteiger partial charge in [-0.25, -0.2) is 9.78 Å². The summed E-state index contributed by atoms with van der Waals surface area (Å²) >= 11 is 6.30. The van der Waals surface area contributed by atoms with Gasteiger partial charge in [0.15, 0.2) is 0 Å². The molecule has 0 aliphatic rings. The van der Waals surface area contributed by atoms with E-state index in [1.165, 1.54) is 11.7 Å². The number of carbonyl (C=O) groups excluding carboxylic acids is 1. The molecule has 168 valence electrons. The summed E-state index contributed by atoms with van der Waals surface area (Å²) in [7, 11) is 1.53. The first-order chi connectivity index (χ1) is 15.9. The minimum Gasteiger partial charge on any atom is -0.495 e. The first-order valence-electron chi connectivity index (χ1n) is 10.2. The zero-order valence-corrected chi connectivity index (χ0v) is 18.8. The third kappa shape index (κ3) is 4.52.